The second-order valence-corrected chi connectivity index (χ2v) is 36.9. The van der Waals surface area contributed by atoms with Gasteiger partial charge in [0.2, 0.25) is 22.3 Å². The first-order valence-electron chi connectivity index (χ1n) is 13.2. The zero-order chi connectivity index (χ0) is 33.6. The first-order valence-corrected chi connectivity index (χ1v) is 28.8. The van der Waals surface area contributed by atoms with Crippen LogP contribution in [-0.2, 0) is 10.8 Å². The molecule has 0 bridgehead atoms. The Hall–Kier alpha value is -3.96. The van der Waals surface area contributed by atoms with E-state index >= 15 is 0 Å². The molecular formula is C30H28Cl4N6O4Zn. The molecule has 0 saturated heterocycles. The van der Waals surface area contributed by atoms with Gasteiger partial charge in [-0.15, -0.1) is 0 Å². The SMILES string of the molecule is COc1cc(NC(=O)c2ccccc2)c(C)cc1[N+]#N.COc1cc(NC(=O)c2ccccc2)c(C)cc1[N+]#N.[Cl][Zn-2]([Cl])([Cl])[Cl]. The van der Waals surface area contributed by atoms with Crippen molar-refractivity contribution in [3.63, 3.8) is 0 Å². The zero-order valence-corrected chi connectivity index (χ0v) is 30.7. The number of carbonyl (C=O) groups excluding carboxylic acids is 2. The summed E-state index contributed by atoms with van der Waals surface area (Å²) >= 11 is 0. The van der Waals surface area contributed by atoms with Crippen LogP contribution >= 0.6 is 38.8 Å². The summed E-state index contributed by atoms with van der Waals surface area (Å²) in [5, 5.41) is 23.4. The third-order valence-electron chi connectivity index (χ3n) is 5.84. The van der Waals surface area contributed by atoms with Gasteiger partial charge in [0.1, 0.15) is 0 Å². The molecule has 2 N–H and O–H groups in total. The van der Waals surface area contributed by atoms with E-state index in [2.05, 4.69) is 20.6 Å². The van der Waals surface area contributed by atoms with E-state index in [1.807, 2.05) is 26.0 Å². The molecule has 0 aliphatic rings. The molecule has 0 radical (unpaired) electrons. The van der Waals surface area contributed by atoms with Crippen LogP contribution in [-0.4, -0.2) is 26.0 Å². The molecule has 4 aromatic carbocycles. The number of rotatable bonds is 6. The van der Waals surface area contributed by atoms with Crippen LogP contribution in [0.1, 0.15) is 31.8 Å². The molecule has 0 spiro atoms. The summed E-state index contributed by atoms with van der Waals surface area (Å²) in [6.07, 6.45) is 0. The van der Waals surface area contributed by atoms with Crippen molar-refractivity contribution in [2.24, 2.45) is 0 Å². The summed E-state index contributed by atoms with van der Waals surface area (Å²) in [5.74, 6) is 0.372. The van der Waals surface area contributed by atoms with E-state index < -0.39 is 10.8 Å². The Morgan fingerprint density at radius 1 is 0.644 bits per heavy atom. The summed E-state index contributed by atoms with van der Waals surface area (Å²) < 4.78 is 10.2. The molecule has 232 valence electrons. The van der Waals surface area contributed by atoms with E-state index in [0.717, 1.165) is 11.1 Å². The van der Waals surface area contributed by atoms with E-state index in [4.69, 9.17) is 59.0 Å². The van der Waals surface area contributed by atoms with Crippen molar-refractivity contribution in [2.45, 2.75) is 13.8 Å². The Balaban J connectivity index is 0.000000273. The maximum atomic E-state index is 12.1. The summed E-state index contributed by atoms with van der Waals surface area (Å²) in [4.78, 5) is 30.5. The van der Waals surface area contributed by atoms with E-state index in [-0.39, 0.29) is 11.8 Å². The molecule has 0 aliphatic carbocycles. The number of aryl methyl sites for hydroxylation is 2. The van der Waals surface area contributed by atoms with Gasteiger partial charge in [-0.2, -0.15) is 0 Å². The minimum absolute atomic E-state index is 0.204. The van der Waals surface area contributed by atoms with Crippen molar-refractivity contribution in [1.82, 2.24) is 0 Å². The monoisotopic (exact) mass is 740 g/mol. The number of anilines is 2. The second kappa shape index (κ2) is 18.1. The van der Waals surface area contributed by atoms with Crippen molar-refractivity contribution >= 4 is 73.3 Å². The Morgan fingerprint density at radius 2 is 0.956 bits per heavy atom. The van der Waals surface area contributed by atoms with Gasteiger partial charge in [0, 0.05) is 46.8 Å². The molecule has 4 rings (SSSR count). The topological polar surface area (TPSA) is 133 Å². The van der Waals surface area contributed by atoms with Gasteiger partial charge in [0.25, 0.3) is 11.8 Å². The Morgan fingerprint density at radius 3 is 1.22 bits per heavy atom. The first-order chi connectivity index (χ1) is 21.3. The van der Waals surface area contributed by atoms with Gasteiger partial charge in [0.05, 0.1) is 14.2 Å². The van der Waals surface area contributed by atoms with E-state index in [1.165, 1.54) is 14.2 Å². The fraction of sp³-hybridized carbons (Fsp3) is 0.133. The summed E-state index contributed by atoms with van der Waals surface area (Å²) in [6.45, 7) is 3.63. The van der Waals surface area contributed by atoms with Gasteiger partial charge in [-0.3, -0.25) is 9.59 Å². The van der Waals surface area contributed by atoms with Crippen LogP contribution in [0, 0.1) is 24.6 Å². The van der Waals surface area contributed by atoms with Crippen molar-refractivity contribution in [3.8, 4) is 11.5 Å². The van der Waals surface area contributed by atoms with Gasteiger partial charge < -0.3 is 20.1 Å². The number of methoxy groups -OCH3 is 2. The van der Waals surface area contributed by atoms with Gasteiger partial charge in [-0.05, 0) is 49.2 Å². The molecule has 4 aromatic rings. The van der Waals surface area contributed by atoms with E-state index in [9.17, 15) is 9.59 Å². The molecule has 0 aliphatic heterocycles. The number of carbonyl (C=O) groups is 2. The number of amides is 2. The molecule has 15 heteroatoms. The number of hydrogen-bond acceptors (Lipinski definition) is 6. The fourth-order valence-electron chi connectivity index (χ4n) is 3.67. The standard InChI is InChI=1S/2C15H13N3O2.4ClH.Zn/c2*1-10-8-13(18-16)14(20-2)9-12(10)17-15(19)11-6-4-3-5-7-11;;;;;/h2*3-9H,1-2H3;4*1H;/q;;;;;;+2/p-2. The summed E-state index contributed by atoms with van der Waals surface area (Å²) in [7, 11) is 19.8. The van der Waals surface area contributed by atoms with Gasteiger partial charge in [0.15, 0.2) is 9.95 Å². The van der Waals surface area contributed by atoms with Crippen LogP contribution in [0.25, 0.3) is 9.95 Å². The van der Waals surface area contributed by atoms with Gasteiger partial charge in [-0.25, -0.2) is 0 Å². The van der Waals surface area contributed by atoms with Crippen LogP contribution < -0.4 is 20.1 Å². The molecule has 0 atom stereocenters. The number of nitrogens with zero attached hydrogens (tertiary/aromatic N) is 4. The van der Waals surface area contributed by atoms with Crippen LogP contribution in [0.5, 0.6) is 11.5 Å². The molecule has 0 aromatic heterocycles. The predicted octanol–water partition coefficient (Wildman–Crippen LogP) is 10.2. The van der Waals surface area contributed by atoms with Crippen LogP contribution in [0.15, 0.2) is 84.9 Å². The minimum atomic E-state index is -3.36. The molecule has 0 fully saturated rings. The van der Waals surface area contributed by atoms with Crippen molar-refractivity contribution in [1.29, 1.82) is 10.8 Å². The fourth-order valence-corrected chi connectivity index (χ4v) is 3.67. The average Bonchev–Trinajstić information content (AvgIpc) is 3.02. The van der Waals surface area contributed by atoms with E-state index in [0.29, 0.717) is 45.4 Å². The molecule has 0 unspecified atom stereocenters. The first kappa shape index (κ1) is 37.2. The molecule has 45 heavy (non-hydrogen) atoms. The van der Waals surface area contributed by atoms with Crippen LogP contribution in [0.3, 0.4) is 0 Å². The van der Waals surface area contributed by atoms with Crippen LogP contribution in [0.2, 0.25) is 0 Å². The quantitative estimate of drug-likeness (QED) is 0.149. The Labute approximate surface area is 279 Å². The zero-order valence-electron chi connectivity index (χ0n) is 24.7. The molecule has 0 saturated carbocycles. The molecular weight excluding hydrogens is 716 g/mol. The normalized spacial score (nSPS) is 9.91. The van der Waals surface area contributed by atoms with Gasteiger partial charge in [-0.1, -0.05) is 36.4 Å². The Kier molecular flexibility index (Phi) is 15.0. The predicted molar refractivity (Wildman–Crippen MR) is 177 cm³/mol. The number of nitrogens with one attached hydrogen (secondary N) is 2. The second-order valence-electron chi connectivity index (χ2n) is 9.12. The maximum absolute atomic E-state index is 12.1. The molecule has 2 amide bonds. The average molecular weight is 744 g/mol. The summed E-state index contributed by atoms with van der Waals surface area (Å²) in [6, 6.07) is 24.4. The van der Waals surface area contributed by atoms with E-state index in [1.54, 1.807) is 72.8 Å². The molecule has 0 heterocycles. The third kappa shape index (κ3) is 12.5. The summed E-state index contributed by atoms with van der Waals surface area (Å²) in [5.41, 5.74) is 4.57. The van der Waals surface area contributed by atoms with Crippen LogP contribution in [0.4, 0.5) is 22.7 Å². The Bertz CT molecular complexity index is 1580. The number of diazo groups is 2. The van der Waals surface area contributed by atoms with Crippen molar-refractivity contribution in [2.75, 3.05) is 24.9 Å². The number of halogens is 4. The van der Waals surface area contributed by atoms with Gasteiger partial charge >= 0.3 is 61.0 Å². The number of benzene rings is 4. The number of hydrogen-bond donors (Lipinski definition) is 2. The third-order valence-corrected chi connectivity index (χ3v) is 5.84. The van der Waals surface area contributed by atoms with Crippen molar-refractivity contribution < 1.29 is 29.9 Å². The van der Waals surface area contributed by atoms with Crippen molar-refractivity contribution in [3.05, 3.63) is 117 Å². The number of ether oxygens (including phenoxy) is 2. The molecule has 10 nitrogen and oxygen atoms in total.